The molecule has 5 nitrogen and oxygen atoms in total. The first-order chi connectivity index (χ1) is 9.02. The molecule has 0 spiro atoms. The van der Waals surface area contributed by atoms with E-state index in [4.69, 9.17) is 5.11 Å². The van der Waals surface area contributed by atoms with Crippen LogP contribution in [0.1, 0.15) is 19.8 Å². The maximum atomic E-state index is 10.9. The number of amides is 1. The number of carbonyl (C=O) groups excluding carboxylic acids is 2. The lowest BCUT2D eigenvalue weighted by Crippen LogP contribution is -2.39. The van der Waals surface area contributed by atoms with Gasteiger partial charge >= 0.3 is 5.97 Å². The van der Waals surface area contributed by atoms with E-state index in [0.29, 0.717) is 6.41 Å². The van der Waals surface area contributed by atoms with E-state index in [2.05, 4.69) is 0 Å². The normalized spacial score (nSPS) is 10.6. The molecule has 0 aliphatic carbocycles. The van der Waals surface area contributed by atoms with Gasteiger partial charge in [0.2, 0.25) is 6.41 Å². The predicted molar refractivity (Wildman–Crippen MR) is 71.6 cm³/mol. The summed E-state index contributed by atoms with van der Waals surface area (Å²) < 4.78 is 0. The van der Waals surface area contributed by atoms with Crippen molar-refractivity contribution in [1.29, 1.82) is 0 Å². The van der Waals surface area contributed by atoms with Crippen LogP contribution in [-0.2, 0) is 14.4 Å². The van der Waals surface area contributed by atoms with Crippen molar-refractivity contribution in [3.63, 3.8) is 0 Å². The molecule has 0 bridgehead atoms. The lowest BCUT2D eigenvalue weighted by Gasteiger charge is -2.19. The zero-order valence-electron chi connectivity index (χ0n) is 11.2. The number of aliphatic carboxylic acids is 1. The monoisotopic (exact) mass is 265 g/mol. The first-order valence-electron chi connectivity index (χ1n) is 5.94. The Kier molecular flexibility index (Phi) is 8.70. The fraction of sp³-hybridized carbons (Fsp3) is 0.357. The molecule has 5 heteroatoms. The summed E-state index contributed by atoms with van der Waals surface area (Å²) in [5.41, 5.74) is 0. The molecule has 0 fully saturated rings. The second-order valence-corrected chi connectivity index (χ2v) is 3.88. The molecule has 1 aromatic rings. The Morgan fingerprint density at radius 3 is 1.84 bits per heavy atom. The number of ketones is 1. The van der Waals surface area contributed by atoms with E-state index in [9.17, 15) is 14.4 Å². The molecular formula is C14H19NO4. The largest absolute Gasteiger partial charge is 0.480 e. The molecule has 0 aliphatic heterocycles. The summed E-state index contributed by atoms with van der Waals surface area (Å²) in [6, 6.07) is 11.0. The number of carboxylic acids is 1. The Balaban J connectivity index is 0.000000443. The Morgan fingerprint density at radius 2 is 1.58 bits per heavy atom. The second kappa shape index (κ2) is 9.82. The molecule has 0 aliphatic rings. The number of Topliss-reactive ketones (excluding diaryl/α,β-unsaturated/α-hetero) is 1. The van der Waals surface area contributed by atoms with Gasteiger partial charge in [0.05, 0.1) is 0 Å². The van der Waals surface area contributed by atoms with Gasteiger partial charge in [-0.25, -0.2) is 4.79 Å². The molecule has 1 atom stereocenters. The van der Waals surface area contributed by atoms with Gasteiger partial charge < -0.3 is 10.0 Å². The highest BCUT2D eigenvalue weighted by Crippen LogP contribution is 2.02. The van der Waals surface area contributed by atoms with Crippen molar-refractivity contribution in [1.82, 2.24) is 4.90 Å². The number of carbonyl (C=O) groups is 3. The molecule has 1 aromatic carbocycles. The van der Waals surface area contributed by atoms with Gasteiger partial charge in [-0.3, -0.25) is 9.59 Å². The number of benzene rings is 1. The summed E-state index contributed by atoms with van der Waals surface area (Å²) in [7, 11) is 1.34. The van der Waals surface area contributed by atoms with Crippen molar-refractivity contribution in [3.8, 4) is 0 Å². The Hall–Kier alpha value is -2.17. The third-order valence-corrected chi connectivity index (χ3v) is 2.42. The maximum absolute atomic E-state index is 10.9. The average molecular weight is 265 g/mol. The average Bonchev–Trinajstić information content (AvgIpc) is 2.45. The molecule has 1 N–H and O–H groups in total. The molecule has 0 aromatic heterocycles. The van der Waals surface area contributed by atoms with Crippen LogP contribution < -0.4 is 0 Å². The van der Waals surface area contributed by atoms with Crippen molar-refractivity contribution in [3.05, 3.63) is 36.4 Å². The summed E-state index contributed by atoms with van der Waals surface area (Å²) in [4.78, 5) is 32.8. The van der Waals surface area contributed by atoms with E-state index in [0.717, 1.165) is 4.90 Å². The standard InChI is InChI=1S/C8H13NO4.C6H6/c1-3-6(11)4-7(8(12)13)9(2)5-10;1-2-4-6-5-3-1/h5,7H,3-4H2,1-2H3,(H,12,13);1-6H. The zero-order valence-corrected chi connectivity index (χ0v) is 11.2. The van der Waals surface area contributed by atoms with Crippen LogP contribution in [0.5, 0.6) is 0 Å². The van der Waals surface area contributed by atoms with E-state index in [-0.39, 0.29) is 18.6 Å². The van der Waals surface area contributed by atoms with Gasteiger partial charge in [0.25, 0.3) is 0 Å². The molecule has 1 amide bonds. The highest BCUT2D eigenvalue weighted by molar-refractivity contribution is 5.86. The van der Waals surface area contributed by atoms with Crippen LogP contribution in [0.3, 0.4) is 0 Å². The van der Waals surface area contributed by atoms with Crippen molar-refractivity contribution < 1.29 is 19.5 Å². The molecule has 104 valence electrons. The fourth-order valence-corrected chi connectivity index (χ4v) is 1.22. The first-order valence-corrected chi connectivity index (χ1v) is 5.94. The van der Waals surface area contributed by atoms with Gasteiger partial charge in [0.15, 0.2) is 0 Å². The summed E-state index contributed by atoms with van der Waals surface area (Å²) in [5, 5.41) is 8.67. The highest BCUT2D eigenvalue weighted by atomic mass is 16.4. The smallest absolute Gasteiger partial charge is 0.326 e. The molecule has 1 rings (SSSR count). The topological polar surface area (TPSA) is 74.7 Å². The van der Waals surface area contributed by atoms with Crippen LogP contribution in [0.4, 0.5) is 0 Å². The number of carboxylic acid groups (broad SMARTS) is 1. The Bertz CT molecular complexity index is 365. The lowest BCUT2D eigenvalue weighted by molar-refractivity contribution is -0.147. The quantitative estimate of drug-likeness (QED) is 0.792. The van der Waals surface area contributed by atoms with Crippen LogP contribution in [0.15, 0.2) is 36.4 Å². The molecule has 19 heavy (non-hydrogen) atoms. The first kappa shape index (κ1) is 16.8. The van der Waals surface area contributed by atoms with E-state index < -0.39 is 12.0 Å². The summed E-state index contributed by atoms with van der Waals surface area (Å²) in [6.45, 7) is 1.65. The number of hydrogen-bond acceptors (Lipinski definition) is 3. The minimum absolute atomic E-state index is 0.124. The Morgan fingerprint density at radius 1 is 1.16 bits per heavy atom. The van der Waals surface area contributed by atoms with Gasteiger partial charge in [-0.15, -0.1) is 0 Å². The fourth-order valence-electron chi connectivity index (χ4n) is 1.22. The third-order valence-electron chi connectivity index (χ3n) is 2.42. The maximum Gasteiger partial charge on any atom is 0.326 e. The number of nitrogens with zero attached hydrogens (tertiary/aromatic N) is 1. The summed E-state index contributed by atoms with van der Waals surface area (Å²) in [5.74, 6) is -1.32. The molecular weight excluding hydrogens is 246 g/mol. The molecule has 0 saturated heterocycles. The minimum Gasteiger partial charge on any atom is -0.480 e. The van der Waals surface area contributed by atoms with Gasteiger partial charge in [0.1, 0.15) is 11.8 Å². The van der Waals surface area contributed by atoms with Gasteiger partial charge in [0, 0.05) is 19.9 Å². The lowest BCUT2D eigenvalue weighted by atomic mass is 10.1. The summed E-state index contributed by atoms with van der Waals surface area (Å²) >= 11 is 0. The highest BCUT2D eigenvalue weighted by Gasteiger charge is 2.23. The number of likely N-dealkylation sites (N-methyl/N-ethyl adjacent to an activating group) is 1. The van der Waals surface area contributed by atoms with Crippen LogP contribution >= 0.6 is 0 Å². The third kappa shape index (κ3) is 7.70. The van der Waals surface area contributed by atoms with E-state index in [1.165, 1.54) is 7.05 Å². The van der Waals surface area contributed by atoms with Gasteiger partial charge in [-0.1, -0.05) is 43.3 Å². The molecule has 1 unspecified atom stereocenters. The van der Waals surface area contributed by atoms with E-state index in [1.54, 1.807) is 6.92 Å². The SMILES string of the molecule is CCC(=O)CC(C(=O)O)N(C)C=O.c1ccccc1. The second-order valence-electron chi connectivity index (χ2n) is 3.88. The van der Waals surface area contributed by atoms with Crippen LogP contribution in [0.25, 0.3) is 0 Å². The van der Waals surface area contributed by atoms with Crippen molar-refractivity contribution in [2.24, 2.45) is 0 Å². The molecule has 0 saturated carbocycles. The number of rotatable bonds is 6. The van der Waals surface area contributed by atoms with E-state index in [1.807, 2.05) is 36.4 Å². The van der Waals surface area contributed by atoms with Crippen LogP contribution in [0.2, 0.25) is 0 Å². The molecule has 0 radical (unpaired) electrons. The zero-order chi connectivity index (χ0) is 14.7. The predicted octanol–water partition coefficient (Wildman–Crippen LogP) is 1.58. The minimum atomic E-state index is -1.16. The molecule has 0 heterocycles. The van der Waals surface area contributed by atoms with Crippen molar-refractivity contribution in [2.45, 2.75) is 25.8 Å². The van der Waals surface area contributed by atoms with Crippen molar-refractivity contribution in [2.75, 3.05) is 7.05 Å². The van der Waals surface area contributed by atoms with Gasteiger partial charge in [-0.2, -0.15) is 0 Å². The van der Waals surface area contributed by atoms with Crippen LogP contribution in [-0.4, -0.2) is 41.3 Å². The number of hydrogen-bond donors (Lipinski definition) is 1. The van der Waals surface area contributed by atoms with Gasteiger partial charge in [-0.05, 0) is 0 Å². The van der Waals surface area contributed by atoms with E-state index >= 15 is 0 Å². The van der Waals surface area contributed by atoms with Crippen molar-refractivity contribution >= 4 is 18.2 Å². The van der Waals surface area contributed by atoms with Crippen LogP contribution in [0, 0.1) is 0 Å². The Labute approximate surface area is 112 Å². The summed E-state index contributed by atoms with van der Waals surface area (Å²) in [6.07, 6.45) is 0.569.